The second-order valence-electron chi connectivity index (χ2n) is 6.05. The summed E-state index contributed by atoms with van der Waals surface area (Å²) < 4.78 is 174. The summed E-state index contributed by atoms with van der Waals surface area (Å²) in [4.78, 5) is 22.1. The average Bonchev–Trinajstić information content (AvgIpc) is 2.64. The minimum atomic E-state index is -7.97. The molecule has 18 heteroatoms. The number of esters is 1. The van der Waals surface area contributed by atoms with Crippen molar-refractivity contribution in [3.8, 4) is 0 Å². The van der Waals surface area contributed by atoms with Gasteiger partial charge in [-0.25, -0.2) is 0 Å². The highest BCUT2D eigenvalue weighted by atomic mass is 32.2. The molecule has 0 atom stereocenters. The summed E-state index contributed by atoms with van der Waals surface area (Å²) in [6.07, 6.45) is -11.8. The molecule has 0 aromatic carbocycles. The maximum atomic E-state index is 13.5. The van der Waals surface area contributed by atoms with Crippen LogP contribution in [0.15, 0.2) is 0 Å². The van der Waals surface area contributed by atoms with Crippen LogP contribution < -0.4 is 4.72 Å². The van der Waals surface area contributed by atoms with Crippen molar-refractivity contribution >= 4 is 23.8 Å². The van der Waals surface area contributed by atoms with Crippen LogP contribution in [0.5, 0.6) is 0 Å². The minimum Gasteiger partial charge on any atom is -0.469 e. The Morgan fingerprint density at radius 3 is 1.66 bits per heavy atom. The Kier molecular flexibility index (Phi) is 9.60. The monoisotopic (exact) mass is 523 g/mol. The molecule has 4 nitrogen and oxygen atoms in total. The van der Waals surface area contributed by atoms with Gasteiger partial charge in [-0.3, -0.25) is 9.59 Å². The molecule has 0 aliphatic heterocycles. The van der Waals surface area contributed by atoms with E-state index < -0.39 is 60.5 Å². The van der Waals surface area contributed by atoms with E-state index in [2.05, 4.69) is 4.74 Å². The minimum absolute atomic E-state index is 0.0375. The summed E-state index contributed by atoms with van der Waals surface area (Å²) in [6, 6.07) is 0. The van der Waals surface area contributed by atoms with Gasteiger partial charge < -0.3 is 9.46 Å². The number of carbonyl (C=O) groups excluding carboxylic acids is 2. The molecule has 0 fully saturated rings. The lowest BCUT2D eigenvalue weighted by molar-refractivity contribution is -0.440. The molecule has 0 saturated carbocycles. The van der Waals surface area contributed by atoms with E-state index in [1.54, 1.807) is 4.72 Å². The Labute approximate surface area is 175 Å². The highest BCUT2D eigenvalue weighted by Gasteiger charge is 2.90. The molecule has 190 valence electrons. The van der Waals surface area contributed by atoms with Gasteiger partial charge in [-0.05, 0) is 6.42 Å². The molecule has 0 aliphatic rings. The van der Waals surface area contributed by atoms with Gasteiger partial charge in [0.15, 0.2) is 0 Å². The second kappa shape index (κ2) is 10.1. The maximum absolute atomic E-state index is 13.5. The van der Waals surface area contributed by atoms with E-state index in [9.17, 15) is 66.7 Å². The topological polar surface area (TPSA) is 55.4 Å². The normalized spacial score (nSPS) is 14.3. The molecule has 1 amide bonds. The fourth-order valence-corrected chi connectivity index (χ4v) is 2.46. The van der Waals surface area contributed by atoms with E-state index in [4.69, 9.17) is 0 Å². The van der Waals surface area contributed by atoms with Crippen LogP contribution in [0.3, 0.4) is 0 Å². The smallest absolute Gasteiger partial charge is 0.460 e. The van der Waals surface area contributed by atoms with Crippen molar-refractivity contribution in [1.29, 1.82) is 0 Å². The quantitative estimate of drug-likeness (QED) is 0.165. The van der Waals surface area contributed by atoms with E-state index >= 15 is 0 Å². The average molecular weight is 523 g/mol. The van der Waals surface area contributed by atoms with Crippen LogP contribution in [0.25, 0.3) is 0 Å². The third-order valence-electron chi connectivity index (χ3n) is 3.71. The number of methoxy groups -OCH3 is 1. The Hall–Kier alpha value is -1.62. The fraction of sp³-hybridized carbons (Fsp3) is 0.857. The lowest BCUT2D eigenvalue weighted by atomic mass is 9.92. The second-order valence-corrected chi connectivity index (χ2v) is 6.95. The standard InChI is InChI=1S/C14H14F13NO3S/c1-31-8(30)3-2-6-32-28-7(29)4-5-9(15,16)10(17,18)11(19,20)12(21,22)13(23,24)14(25,26)27/h2-6H2,1H3,(H,28,29). The van der Waals surface area contributed by atoms with E-state index in [0.29, 0.717) is 11.9 Å². The first-order valence-electron chi connectivity index (χ1n) is 8.03. The lowest BCUT2D eigenvalue weighted by Crippen LogP contribution is -2.70. The van der Waals surface area contributed by atoms with Gasteiger partial charge in [0.1, 0.15) is 0 Å². The molecule has 32 heavy (non-hydrogen) atoms. The van der Waals surface area contributed by atoms with Gasteiger partial charge in [0.25, 0.3) is 0 Å². The zero-order valence-corrected chi connectivity index (χ0v) is 16.4. The zero-order chi connectivity index (χ0) is 25.8. The molecule has 0 spiro atoms. The number of ether oxygens (including phenoxy) is 1. The number of halogens is 13. The van der Waals surface area contributed by atoms with E-state index in [0.717, 1.165) is 7.11 Å². The SMILES string of the molecule is COC(=O)CCCSNC(=O)CCC(F)(F)C(F)(F)C(F)(F)C(F)(F)C(F)(F)C(F)(F)F. The largest absolute Gasteiger partial charge is 0.469 e. The maximum Gasteiger partial charge on any atom is 0.460 e. The molecule has 1 N–H and O–H groups in total. The van der Waals surface area contributed by atoms with Gasteiger partial charge in [-0.2, -0.15) is 57.1 Å². The summed E-state index contributed by atoms with van der Waals surface area (Å²) in [5.41, 5.74) is 0. The van der Waals surface area contributed by atoms with Gasteiger partial charge in [0.2, 0.25) is 5.91 Å². The van der Waals surface area contributed by atoms with Crippen LogP contribution in [0.2, 0.25) is 0 Å². The van der Waals surface area contributed by atoms with E-state index in [1.807, 2.05) is 0 Å². The number of nitrogens with one attached hydrogen (secondary N) is 1. The predicted molar refractivity (Wildman–Crippen MR) is 81.9 cm³/mol. The van der Waals surface area contributed by atoms with Crippen molar-refractivity contribution < 1.29 is 71.4 Å². The van der Waals surface area contributed by atoms with Crippen molar-refractivity contribution in [3.63, 3.8) is 0 Å². The Bertz CT molecular complexity index is 667. The van der Waals surface area contributed by atoms with Gasteiger partial charge in [-0.1, -0.05) is 11.9 Å². The van der Waals surface area contributed by atoms with Gasteiger partial charge in [0, 0.05) is 25.0 Å². The van der Waals surface area contributed by atoms with E-state index in [1.165, 1.54) is 0 Å². The molecule has 0 bridgehead atoms. The third kappa shape index (κ3) is 6.03. The predicted octanol–water partition coefficient (Wildman–Crippen LogP) is 5.22. The van der Waals surface area contributed by atoms with Gasteiger partial charge in [0.05, 0.1) is 7.11 Å². The van der Waals surface area contributed by atoms with Gasteiger partial charge in [-0.15, -0.1) is 0 Å². The Balaban J connectivity index is 5.24. The van der Waals surface area contributed by atoms with Crippen molar-refractivity contribution in [1.82, 2.24) is 4.72 Å². The summed E-state index contributed by atoms with van der Waals surface area (Å²) >= 11 is 0.456. The first-order chi connectivity index (χ1) is 14.1. The number of rotatable bonds is 12. The summed E-state index contributed by atoms with van der Waals surface area (Å²) in [5, 5.41) is 0. The fourth-order valence-electron chi connectivity index (χ4n) is 1.80. The molecule has 0 heterocycles. The Morgan fingerprint density at radius 2 is 1.22 bits per heavy atom. The molecule has 0 aliphatic carbocycles. The zero-order valence-electron chi connectivity index (χ0n) is 15.6. The van der Waals surface area contributed by atoms with Crippen LogP contribution in [-0.2, 0) is 14.3 Å². The van der Waals surface area contributed by atoms with Crippen LogP contribution >= 0.6 is 11.9 Å². The summed E-state index contributed by atoms with van der Waals surface area (Å²) in [7, 11) is 1.07. The van der Waals surface area contributed by atoms with Gasteiger partial charge >= 0.3 is 41.8 Å². The highest BCUT2D eigenvalue weighted by Crippen LogP contribution is 2.60. The number of hydrogen-bond acceptors (Lipinski definition) is 4. The van der Waals surface area contributed by atoms with Crippen LogP contribution in [0, 0.1) is 0 Å². The van der Waals surface area contributed by atoms with Crippen LogP contribution in [0.1, 0.15) is 25.7 Å². The first-order valence-corrected chi connectivity index (χ1v) is 9.02. The third-order valence-corrected chi connectivity index (χ3v) is 4.57. The summed E-state index contributed by atoms with van der Waals surface area (Å²) in [6.45, 7) is 0. The highest BCUT2D eigenvalue weighted by molar-refractivity contribution is 7.97. The number of carbonyl (C=O) groups is 2. The molecule has 0 unspecified atom stereocenters. The number of hydrogen-bond donors (Lipinski definition) is 1. The molecular weight excluding hydrogens is 509 g/mol. The molecule has 0 aromatic heterocycles. The molecule has 0 aromatic rings. The van der Waals surface area contributed by atoms with Crippen LogP contribution in [-0.4, -0.2) is 60.5 Å². The molecular formula is C14H14F13NO3S. The van der Waals surface area contributed by atoms with E-state index in [-0.39, 0.29) is 18.6 Å². The van der Waals surface area contributed by atoms with Crippen molar-refractivity contribution in [2.45, 2.75) is 61.5 Å². The van der Waals surface area contributed by atoms with Crippen molar-refractivity contribution in [2.75, 3.05) is 12.9 Å². The molecule has 0 saturated heterocycles. The Morgan fingerprint density at radius 1 is 0.750 bits per heavy atom. The van der Waals surface area contributed by atoms with Crippen molar-refractivity contribution in [3.05, 3.63) is 0 Å². The number of alkyl halides is 13. The van der Waals surface area contributed by atoms with Crippen LogP contribution in [0.4, 0.5) is 57.1 Å². The molecule has 0 rings (SSSR count). The number of amides is 1. The first kappa shape index (κ1) is 30.4. The lowest BCUT2D eigenvalue weighted by Gasteiger charge is -2.39. The van der Waals surface area contributed by atoms with Crippen molar-refractivity contribution in [2.24, 2.45) is 0 Å². The summed E-state index contributed by atoms with van der Waals surface area (Å²) in [5.74, 6) is -39.5. The molecule has 0 radical (unpaired) electrons.